The summed E-state index contributed by atoms with van der Waals surface area (Å²) in [5.74, 6) is 5.99. The lowest BCUT2D eigenvalue weighted by atomic mass is 10.1. The van der Waals surface area contributed by atoms with Gasteiger partial charge in [0.2, 0.25) is 0 Å². The van der Waals surface area contributed by atoms with E-state index in [1.165, 1.54) is 6.20 Å². The van der Waals surface area contributed by atoms with Crippen LogP contribution in [0.5, 0.6) is 0 Å². The van der Waals surface area contributed by atoms with Crippen molar-refractivity contribution < 1.29 is 4.79 Å². The normalized spacial score (nSPS) is 10.8. The summed E-state index contributed by atoms with van der Waals surface area (Å²) >= 11 is 6.37. The smallest absolute Gasteiger partial charge is 0.257 e. The SMILES string of the molecule is Cc1nc2cnc(N)c(C#Cc3cncc(C(=O)Nc4ccc(CN(C)C)c(Cl)c4)c3)c2nc1C. The first-order chi connectivity index (χ1) is 16.7. The molecule has 4 rings (SSSR count). The predicted octanol–water partition coefficient (Wildman–Crippen LogP) is 3.99. The van der Waals surface area contributed by atoms with E-state index in [1.807, 2.05) is 45.0 Å². The number of rotatable bonds is 4. The van der Waals surface area contributed by atoms with E-state index >= 15 is 0 Å². The number of nitrogens with zero attached hydrogens (tertiary/aromatic N) is 5. The van der Waals surface area contributed by atoms with Gasteiger partial charge in [-0.1, -0.05) is 29.5 Å². The fraction of sp³-hybridized carbons (Fsp3) is 0.192. The summed E-state index contributed by atoms with van der Waals surface area (Å²) in [5, 5.41) is 3.44. The molecule has 35 heavy (non-hydrogen) atoms. The highest BCUT2D eigenvalue weighted by atomic mass is 35.5. The zero-order valence-corrected chi connectivity index (χ0v) is 20.6. The molecule has 8 nitrogen and oxygen atoms in total. The summed E-state index contributed by atoms with van der Waals surface area (Å²) in [6.07, 6.45) is 4.64. The minimum absolute atomic E-state index is 0.263. The highest BCUT2D eigenvalue weighted by Gasteiger charge is 2.11. The Balaban J connectivity index is 1.58. The van der Waals surface area contributed by atoms with Gasteiger partial charge in [0.25, 0.3) is 5.91 Å². The Hall–Kier alpha value is -4.06. The van der Waals surface area contributed by atoms with Crippen LogP contribution in [0.25, 0.3) is 11.0 Å². The van der Waals surface area contributed by atoms with E-state index in [0.717, 1.165) is 17.0 Å². The number of nitrogen functional groups attached to an aromatic ring is 1. The number of nitrogens with one attached hydrogen (secondary N) is 1. The maximum atomic E-state index is 12.8. The van der Waals surface area contributed by atoms with E-state index in [-0.39, 0.29) is 11.7 Å². The molecule has 0 spiro atoms. The molecule has 0 bridgehead atoms. The van der Waals surface area contributed by atoms with Crippen molar-refractivity contribution in [1.29, 1.82) is 0 Å². The van der Waals surface area contributed by atoms with Gasteiger partial charge >= 0.3 is 0 Å². The molecule has 1 amide bonds. The van der Waals surface area contributed by atoms with Gasteiger partial charge in [-0.2, -0.15) is 0 Å². The van der Waals surface area contributed by atoms with Crippen LogP contribution in [0, 0.1) is 25.7 Å². The van der Waals surface area contributed by atoms with Crippen LogP contribution in [0.1, 0.15) is 38.4 Å². The summed E-state index contributed by atoms with van der Waals surface area (Å²) < 4.78 is 0. The highest BCUT2D eigenvalue weighted by Crippen LogP contribution is 2.23. The van der Waals surface area contributed by atoms with Gasteiger partial charge in [-0.15, -0.1) is 0 Å². The van der Waals surface area contributed by atoms with Crippen LogP contribution in [0.3, 0.4) is 0 Å². The van der Waals surface area contributed by atoms with Gasteiger partial charge in [0.05, 0.1) is 28.7 Å². The topological polar surface area (TPSA) is 110 Å². The van der Waals surface area contributed by atoms with Crippen LogP contribution < -0.4 is 11.1 Å². The molecule has 1 aromatic carbocycles. The van der Waals surface area contributed by atoms with Crippen LogP contribution >= 0.6 is 11.6 Å². The molecule has 0 radical (unpaired) electrons. The minimum Gasteiger partial charge on any atom is -0.383 e. The van der Waals surface area contributed by atoms with Crippen molar-refractivity contribution in [2.45, 2.75) is 20.4 Å². The third-order valence-electron chi connectivity index (χ3n) is 5.28. The summed E-state index contributed by atoms with van der Waals surface area (Å²) in [6, 6.07) is 7.11. The van der Waals surface area contributed by atoms with Crippen molar-refractivity contribution >= 4 is 40.0 Å². The Kier molecular flexibility index (Phi) is 6.92. The van der Waals surface area contributed by atoms with Gasteiger partial charge in [0, 0.05) is 35.2 Å². The lowest BCUT2D eigenvalue weighted by Crippen LogP contribution is -2.13. The number of aryl methyl sites for hydroxylation is 2. The average Bonchev–Trinajstić information content (AvgIpc) is 2.81. The van der Waals surface area contributed by atoms with Crippen molar-refractivity contribution in [3.05, 3.63) is 81.5 Å². The molecule has 3 N–H and O–H groups in total. The summed E-state index contributed by atoms with van der Waals surface area (Å²) in [6.45, 7) is 4.47. The number of fused-ring (bicyclic) bond motifs is 1. The first-order valence-electron chi connectivity index (χ1n) is 10.8. The minimum atomic E-state index is -0.319. The molecule has 0 fully saturated rings. The third kappa shape index (κ3) is 5.54. The Morgan fingerprint density at radius 3 is 2.60 bits per heavy atom. The molecular formula is C26H24ClN7O. The summed E-state index contributed by atoms with van der Waals surface area (Å²) in [5.41, 5.74) is 11.9. The van der Waals surface area contributed by atoms with Gasteiger partial charge in [-0.05, 0) is 51.7 Å². The van der Waals surface area contributed by atoms with Gasteiger partial charge in [-0.3, -0.25) is 9.78 Å². The number of amides is 1. The number of hydrogen-bond acceptors (Lipinski definition) is 7. The Labute approximate surface area is 208 Å². The molecule has 0 saturated carbocycles. The monoisotopic (exact) mass is 485 g/mol. The number of anilines is 2. The molecule has 4 aromatic rings. The molecular weight excluding hydrogens is 462 g/mol. The second kappa shape index (κ2) is 10.1. The van der Waals surface area contributed by atoms with E-state index in [1.54, 1.807) is 24.5 Å². The molecule has 0 saturated heterocycles. The zero-order valence-electron chi connectivity index (χ0n) is 19.8. The molecule has 176 valence electrons. The molecule has 3 aromatic heterocycles. The van der Waals surface area contributed by atoms with Gasteiger partial charge < -0.3 is 16.0 Å². The highest BCUT2D eigenvalue weighted by molar-refractivity contribution is 6.31. The van der Waals surface area contributed by atoms with Crippen molar-refractivity contribution in [1.82, 2.24) is 24.8 Å². The van der Waals surface area contributed by atoms with Crippen molar-refractivity contribution in [2.24, 2.45) is 0 Å². The standard InChI is InChI=1S/C26H24ClN7O/c1-15-16(2)32-24-21(25(28)30-13-23(24)31-15)8-5-17-9-19(12-29-11-17)26(35)33-20-7-6-18(14-34(3)4)22(27)10-20/h6-7,9-13H,14H2,1-4H3,(H2,28,30)(H,33,35). The molecule has 0 aliphatic carbocycles. The number of carbonyl (C=O) groups is 1. The Morgan fingerprint density at radius 1 is 1.09 bits per heavy atom. The molecule has 0 atom stereocenters. The fourth-order valence-electron chi connectivity index (χ4n) is 3.40. The van der Waals surface area contributed by atoms with E-state index in [9.17, 15) is 4.79 Å². The first-order valence-corrected chi connectivity index (χ1v) is 11.2. The van der Waals surface area contributed by atoms with Crippen LogP contribution in [0.4, 0.5) is 11.5 Å². The maximum Gasteiger partial charge on any atom is 0.257 e. The van der Waals surface area contributed by atoms with Crippen LogP contribution in [-0.4, -0.2) is 44.8 Å². The van der Waals surface area contributed by atoms with Crippen LogP contribution in [-0.2, 0) is 6.54 Å². The van der Waals surface area contributed by atoms with E-state index < -0.39 is 0 Å². The lowest BCUT2D eigenvalue weighted by Gasteiger charge is -2.12. The van der Waals surface area contributed by atoms with Gasteiger partial charge in [0.1, 0.15) is 16.9 Å². The maximum absolute atomic E-state index is 12.8. The van der Waals surface area contributed by atoms with Crippen LogP contribution in [0.15, 0.2) is 42.9 Å². The van der Waals surface area contributed by atoms with E-state index in [2.05, 4.69) is 37.1 Å². The van der Waals surface area contributed by atoms with Gasteiger partial charge in [0.15, 0.2) is 0 Å². The van der Waals surface area contributed by atoms with Crippen molar-refractivity contribution in [2.75, 3.05) is 25.1 Å². The first kappa shape index (κ1) is 24.1. The van der Waals surface area contributed by atoms with Crippen LogP contribution in [0.2, 0.25) is 5.02 Å². The largest absolute Gasteiger partial charge is 0.383 e. The number of halogens is 1. The summed E-state index contributed by atoms with van der Waals surface area (Å²) in [4.78, 5) is 32.3. The number of aromatic nitrogens is 4. The number of hydrogen-bond donors (Lipinski definition) is 2. The summed E-state index contributed by atoms with van der Waals surface area (Å²) in [7, 11) is 3.94. The zero-order chi connectivity index (χ0) is 25.1. The van der Waals surface area contributed by atoms with Gasteiger partial charge in [-0.25, -0.2) is 15.0 Å². The average molecular weight is 486 g/mol. The number of pyridine rings is 2. The number of nitrogens with two attached hydrogens (primary N) is 1. The van der Waals surface area contributed by atoms with Crippen molar-refractivity contribution in [3.8, 4) is 11.8 Å². The Bertz CT molecular complexity index is 1510. The lowest BCUT2D eigenvalue weighted by molar-refractivity contribution is 0.102. The quantitative estimate of drug-likeness (QED) is 0.420. The van der Waals surface area contributed by atoms with E-state index in [0.29, 0.717) is 45.0 Å². The fourth-order valence-corrected chi connectivity index (χ4v) is 3.64. The second-order valence-corrected chi connectivity index (χ2v) is 8.76. The molecule has 9 heteroatoms. The third-order valence-corrected chi connectivity index (χ3v) is 5.63. The number of benzene rings is 1. The predicted molar refractivity (Wildman–Crippen MR) is 138 cm³/mol. The van der Waals surface area contributed by atoms with Crippen molar-refractivity contribution in [3.63, 3.8) is 0 Å². The second-order valence-electron chi connectivity index (χ2n) is 8.36. The van der Waals surface area contributed by atoms with E-state index in [4.69, 9.17) is 17.3 Å². The molecule has 3 heterocycles. The molecule has 0 aliphatic heterocycles. The Morgan fingerprint density at radius 2 is 1.86 bits per heavy atom. The molecule has 0 aliphatic rings. The number of carbonyl (C=O) groups excluding carboxylic acids is 1. The molecule has 0 unspecified atom stereocenters.